The van der Waals surface area contributed by atoms with E-state index in [1.165, 1.54) is 0 Å². The van der Waals surface area contributed by atoms with E-state index in [0.717, 1.165) is 11.3 Å². The molecule has 2 aromatic carbocycles. The van der Waals surface area contributed by atoms with Crippen LogP contribution in [0.4, 0.5) is 11.4 Å². The summed E-state index contributed by atoms with van der Waals surface area (Å²) in [5.74, 6) is -0.643. The van der Waals surface area contributed by atoms with Crippen molar-refractivity contribution in [2.45, 2.75) is 13.3 Å². The number of carbonyl (C=O) groups is 2. The average molecular weight is 363 g/mol. The number of nitrogens with one attached hydrogen (secondary N) is 1. The van der Waals surface area contributed by atoms with E-state index in [-0.39, 0.29) is 18.2 Å². The van der Waals surface area contributed by atoms with E-state index in [9.17, 15) is 9.59 Å². The molecule has 1 atom stereocenters. The predicted molar refractivity (Wildman–Crippen MR) is 96.7 cm³/mol. The quantitative estimate of drug-likeness (QED) is 0.884. The Morgan fingerprint density at radius 1 is 1.17 bits per heavy atom. The summed E-state index contributed by atoms with van der Waals surface area (Å²) in [6.07, 6.45) is 0.186. The number of hydrogen-bond acceptors (Lipinski definition) is 2. The molecule has 6 heteroatoms. The Kier molecular flexibility index (Phi) is 4.78. The van der Waals surface area contributed by atoms with E-state index in [1.807, 2.05) is 13.0 Å². The predicted octanol–water partition coefficient (Wildman–Crippen LogP) is 4.29. The fourth-order valence-electron chi connectivity index (χ4n) is 2.78. The molecule has 1 fully saturated rings. The molecule has 1 aliphatic rings. The first kappa shape index (κ1) is 16.8. The summed E-state index contributed by atoms with van der Waals surface area (Å²) in [4.78, 5) is 26.4. The zero-order valence-corrected chi connectivity index (χ0v) is 14.6. The molecule has 0 bridgehead atoms. The van der Waals surface area contributed by atoms with Gasteiger partial charge in [0, 0.05) is 34.4 Å². The number of hydrogen-bond donors (Lipinski definition) is 1. The number of halogens is 2. The highest BCUT2D eigenvalue weighted by atomic mass is 35.5. The number of benzene rings is 2. The fraction of sp³-hybridized carbons (Fsp3) is 0.222. The van der Waals surface area contributed by atoms with Crippen molar-refractivity contribution < 1.29 is 9.59 Å². The summed E-state index contributed by atoms with van der Waals surface area (Å²) in [7, 11) is 0. The minimum absolute atomic E-state index is 0.0726. The fourth-order valence-corrected chi connectivity index (χ4v) is 3.08. The molecule has 1 N–H and O–H groups in total. The molecule has 0 unspecified atom stereocenters. The average Bonchev–Trinajstić information content (AvgIpc) is 2.94. The maximum absolute atomic E-state index is 12.4. The van der Waals surface area contributed by atoms with Crippen LogP contribution < -0.4 is 10.2 Å². The van der Waals surface area contributed by atoms with E-state index < -0.39 is 5.92 Å². The topological polar surface area (TPSA) is 49.4 Å². The van der Waals surface area contributed by atoms with E-state index in [2.05, 4.69) is 5.32 Å². The molecule has 1 heterocycles. The second-order valence-electron chi connectivity index (χ2n) is 5.79. The molecular formula is C18H16Cl2N2O2. The molecule has 1 saturated heterocycles. The van der Waals surface area contributed by atoms with E-state index in [4.69, 9.17) is 23.2 Å². The SMILES string of the molecule is Cc1c(Cl)cccc1N1C[C@@H](C(=O)Nc2ccc(Cl)cc2)CC1=O. The summed E-state index contributed by atoms with van der Waals surface area (Å²) in [5, 5.41) is 4.04. The van der Waals surface area contributed by atoms with Gasteiger partial charge in [-0.2, -0.15) is 0 Å². The van der Waals surface area contributed by atoms with Crippen LogP contribution in [0.2, 0.25) is 10.0 Å². The van der Waals surface area contributed by atoms with Crippen molar-refractivity contribution in [2.24, 2.45) is 5.92 Å². The van der Waals surface area contributed by atoms with Gasteiger partial charge in [-0.15, -0.1) is 0 Å². The molecule has 0 saturated carbocycles. The summed E-state index contributed by atoms with van der Waals surface area (Å²) in [5.41, 5.74) is 2.26. The molecule has 2 aromatic rings. The van der Waals surface area contributed by atoms with Crippen molar-refractivity contribution in [2.75, 3.05) is 16.8 Å². The lowest BCUT2D eigenvalue weighted by molar-refractivity contribution is -0.122. The molecule has 4 nitrogen and oxygen atoms in total. The summed E-state index contributed by atoms with van der Waals surface area (Å²) in [6, 6.07) is 12.3. The molecule has 124 valence electrons. The second kappa shape index (κ2) is 6.83. The van der Waals surface area contributed by atoms with Crippen molar-refractivity contribution in [3.8, 4) is 0 Å². The second-order valence-corrected chi connectivity index (χ2v) is 6.63. The Labute approximate surface area is 150 Å². The van der Waals surface area contributed by atoms with Crippen LogP contribution in [0.3, 0.4) is 0 Å². The summed E-state index contributed by atoms with van der Waals surface area (Å²) < 4.78 is 0. The van der Waals surface area contributed by atoms with Crippen LogP contribution in [0.15, 0.2) is 42.5 Å². The van der Waals surface area contributed by atoms with Crippen LogP contribution >= 0.6 is 23.2 Å². The van der Waals surface area contributed by atoms with Crippen LogP contribution in [-0.4, -0.2) is 18.4 Å². The Hall–Kier alpha value is -2.04. The third-order valence-electron chi connectivity index (χ3n) is 4.14. The van der Waals surface area contributed by atoms with Gasteiger partial charge in [0.15, 0.2) is 0 Å². The number of nitrogens with zero attached hydrogens (tertiary/aromatic N) is 1. The van der Waals surface area contributed by atoms with E-state index >= 15 is 0 Å². The highest BCUT2D eigenvalue weighted by molar-refractivity contribution is 6.32. The molecule has 24 heavy (non-hydrogen) atoms. The first-order valence-corrected chi connectivity index (χ1v) is 8.33. The van der Waals surface area contributed by atoms with Crippen LogP contribution in [0.5, 0.6) is 0 Å². The highest BCUT2D eigenvalue weighted by Gasteiger charge is 2.35. The standard InChI is InChI=1S/C18H16Cl2N2O2/c1-11-15(20)3-2-4-16(11)22-10-12(9-17(22)23)18(24)21-14-7-5-13(19)6-8-14/h2-8,12H,9-10H2,1H3,(H,21,24)/t12-/m0/s1. The van der Waals surface area contributed by atoms with Gasteiger partial charge in [0.1, 0.15) is 0 Å². The Bertz CT molecular complexity index is 790. The Morgan fingerprint density at radius 3 is 2.58 bits per heavy atom. The van der Waals surface area contributed by atoms with Crippen LogP contribution in [0.1, 0.15) is 12.0 Å². The van der Waals surface area contributed by atoms with Gasteiger partial charge in [0.05, 0.1) is 5.92 Å². The van der Waals surface area contributed by atoms with Crippen LogP contribution in [0, 0.1) is 12.8 Å². The van der Waals surface area contributed by atoms with Gasteiger partial charge in [-0.1, -0.05) is 29.3 Å². The first-order chi connectivity index (χ1) is 11.5. The zero-order chi connectivity index (χ0) is 17.3. The molecule has 0 aliphatic carbocycles. The third-order valence-corrected chi connectivity index (χ3v) is 4.80. The summed E-state index contributed by atoms with van der Waals surface area (Å²) >= 11 is 12.0. The van der Waals surface area contributed by atoms with E-state index in [1.54, 1.807) is 41.3 Å². The number of anilines is 2. The Morgan fingerprint density at radius 2 is 1.88 bits per heavy atom. The van der Waals surface area contributed by atoms with Crippen molar-refractivity contribution in [1.29, 1.82) is 0 Å². The maximum atomic E-state index is 12.4. The molecule has 0 radical (unpaired) electrons. The number of carbonyl (C=O) groups excluding carboxylic acids is 2. The van der Waals surface area contributed by atoms with Gasteiger partial charge in [0.25, 0.3) is 0 Å². The molecule has 1 aliphatic heterocycles. The van der Waals surface area contributed by atoms with Crippen LogP contribution in [-0.2, 0) is 9.59 Å². The highest BCUT2D eigenvalue weighted by Crippen LogP contribution is 2.31. The van der Waals surface area contributed by atoms with Crippen molar-refractivity contribution in [3.05, 3.63) is 58.1 Å². The molecular weight excluding hydrogens is 347 g/mol. The molecule has 0 aromatic heterocycles. The van der Waals surface area contributed by atoms with Gasteiger partial charge in [-0.3, -0.25) is 9.59 Å². The van der Waals surface area contributed by atoms with Gasteiger partial charge < -0.3 is 10.2 Å². The lowest BCUT2D eigenvalue weighted by Crippen LogP contribution is -2.28. The van der Waals surface area contributed by atoms with Crippen molar-refractivity contribution in [1.82, 2.24) is 0 Å². The van der Waals surface area contributed by atoms with Gasteiger partial charge >= 0.3 is 0 Å². The summed E-state index contributed by atoms with van der Waals surface area (Å²) in [6.45, 7) is 2.21. The van der Waals surface area contributed by atoms with Gasteiger partial charge in [-0.05, 0) is 48.9 Å². The molecule has 0 spiro atoms. The number of amides is 2. The maximum Gasteiger partial charge on any atom is 0.229 e. The van der Waals surface area contributed by atoms with Gasteiger partial charge in [-0.25, -0.2) is 0 Å². The third kappa shape index (κ3) is 3.40. The lowest BCUT2D eigenvalue weighted by Gasteiger charge is -2.19. The number of rotatable bonds is 3. The minimum atomic E-state index is -0.397. The van der Waals surface area contributed by atoms with Crippen molar-refractivity contribution >= 4 is 46.4 Å². The lowest BCUT2D eigenvalue weighted by atomic mass is 10.1. The monoisotopic (exact) mass is 362 g/mol. The van der Waals surface area contributed by atoms with Gasteiger partial charge in [0.2, 0.25) is 11.8 Å². The molecule has 3 rings (SSSR count). The minimum Gasteiger partial charge on any atom is -0.326 e. The van der Waals surface area contributed by atoms with E-state index in [0.29, 0.717) is 22.3 Å². The normalized spacial score (nSPS) is 17.2. The Balaban J connectivity index is 1.73. The largest absolute Gasteiger partial charge is 0.326 e. The zero-order valence-electron chi connectivity index (χ0n) is 13.1. The molecule has 2 amide bonds. The van der Waals surface area contributed by atoms with Crippen LogP contribution in [0.25, 0.3) is 0 Å². The first-order valence-electron chi connectivity index (χ1n) is 7.57. The smallest absolute Gasteiger partial charge is 0.229 e. The van der Waals surface area contributed by atoms with Crippen molar-refractivity contribution in [3.63, 3.8) is 0 Å².